The third kappa shape index (κ3) is 5.82. The minimum Gasteiger partial charge on any atom is -0.462 e. The van der Waals surface area contributed by atoms with Crippen LogP contribution in [0.3, 0.4) is 0 Å². The molecular formula is C21H26N2O4. The van der Waals surface area contributed by atoms with Crippen molar-refractivity contribution in [2.75, 3.05) is 27.7 Å². The normalized spacial score (nSPS) is 11.6. The van der Waals surface area contributed by atoms with Gasteiger partial charge in [-0.25, -0.2) is 9.59 Å². The summed E-state index contributed by atoms with van der Waals surface area (Å²) in [7, 11) is 5.12. The summed E-state index contributed by atoms with van der Waals surface area (Å²) in [6.07, 6.45) is 0.210. The van der Waals surface area contributed by atoms with E-state index in [9.17, 15) is 9.59 Å². The maximum absolute atomic E-state index is 12.2. The average molecular weight is 370 g/mol. The number of nitrogens with zero attached hydrogens (tertiary/aromatic N) is 1. The lowest BCUT2D eigenvalue weighted by atomic mass is 10.0. The first-order chi connectivity index (χ1) is 12.9. The average Bonchev–Trinajstić information content (AvgIpc) is 2.66. The van der Waals surface area contributed by atoms with E-state index in [-0.39, 0.29) is 12.0 Å². The fraction of sp³-hybridized carbons (Fsp3) is 0.333. The van der Waals surface area contributed by atoms with Gasteiger partial charge in [-0.05, 0) is 43.3 Å². The lowest BCUT2D eigenvalue weighted by Crippen LogP contribution is -2.25. The SMILES string of the molecule is CNC(CCOC(=O)c1ccccc1C)c1ccc(OC(=O)N(C)C)cc1. The van der Waals surface area contributed by atoms with E-state index >= 15 is 0 Å². The summed E-state index contributed by atoms with van der Waals surface area (Å²) in [6.45, 7) is 2.19. The van der Waals surface area contributed by atoms with Gasteiger partial charge in [-0.1, -0.05) is 30.3 Å². The van der Waals surface area contributed by atoms with Gasteiger partial charge in [-0.15, -0.1) is 0 Å². The number of aryl methyl sites for hydroxylation is 1. The Hall–Kier alpha value is -2.86. The topological polar surface area (TPSA) is 67.9 Å². The Morgan fingerprint density at radius 3 is 2.33 bits per heavy atom. The van der Waals surface area contributed by atoms with E-state index in [2.05, 4.69) is 5.32 Å². The third-order valence-corrected chi connectivity index (χ3v) is 4.21. The molecule has 0 aliphatic carbocycles. The molecule has 0 bridgehead atoms. The molecule has 27 heavy (non-hydrogen) atoms. The van der Waals surface area contributed by atoms with Crippen LogP contribution in [0.15, 0.2) is 48.5 Å². The zero-order valence-electron chi connectivity index (χ0n) is 16.2. The molecule has 2 rings (SSSR count). The quantitative estimate of drug-likeness (QED) is 0.755. The van der Waals surface area contributed by atoms with Crippen LogP contribution in [0.5, 0.6) is 5.75 Å². The van der Waals surface area contributed by atoms with Gasteiger partial charge >= 0.3 is 12.1 Å². The Bertz CT molecular complexity index is 772. The van der Waals surface area contributed by atoms with Crippen LogP contribution in [0, 0.1) is 6.92 Å². The molecule has 6 heteroatoms. The molecule has 0 aliphatic heterocycles. The molecule has 0 aromatic heterocycles. The molecule has 0 saturated heterocycles. The molecule has 1 unspecified atom stereocenters. The summed E-state index contributed by atoms with van der Waals surface area (Å²) in [5.41, 5.74) is 2.51. The van der Waals surface area contributed by atoms with E-state index in [4.69, 9.17) is 9.47 Å². The predicted octanol–water partition coefficient (Wildman–Crippen LogP) is 3.56. The van der Waals surface area contributed by atoms with Gasteiger partial charge in [0.1, 0.15) is 5.75 Å². The first kappa shape index (κ1) is 20.5. The van der Waals surface area contributed by atoms with E-state index in [1.165, 1.54) is 4.90 Å². The Morgan fingerprint density at radius 2 is 1.74 bits per heavy atom. The number of carbonyl (C=O) groups is 2. The van der Waals surface area contributed by atoms with Crippen molar-refractivity contribution in [1.82, 2.24) is 10.2 Å². The first-order valence-corrected chi connectivity index (χ1v) is 8.81. The standard InChI is InChI=1S/C21H26N2O4/c1-15-7-5-6-8-18(15)20(24)26-14-13-19(22-2)16-9-11-17(12-10-16)27-21(25)23(3)4/h5-12,19,22H,13-14H2,1-4H3. The molecule has 0 fully saturated rings. The Balaban J connectivity index is 1.90. The number of hydrogen-bond acceptors (Lipinski definition) is 5. The predicted molar refractivity (Wildman–Crippen MR) is 104 cm³/mol. The molecule has 0 radical (unpaired) electrons. The number of esters is 1. The van der Waals surface area contributed by atoms with Crippen LogP contribution >= 0.6 is 0 Å². The minimum atomic E-state index is -0.420. The Labute approximate surface area is 160 Å². The third-order valence-electron chi connectivity index (χ3n) is 4.21. The van der Waals surface area contributed by atoms with E-state index in [0.717, 1.165) is 11.1 Å². The number of carbonyl (C=O) groups excluding carboxylic acids is 2. The molecule has 6 nitrogen and oxygen atoms in total. The van der Waals surface area contributed by atoms with E-state index in [1.807, 2.05) is 44.3 Å². The van der Waals surface area contributed by atoms with Gasteiger partial charge in [0.15, 0.2) is 0 Å². The fourth-order valence-corrected chi connectivity index (χ4v) is 2.59. The van der Waals surface area contributed by atoms with Crippen LogP contribution in [0.1, 0.15) is 33.9 Å². The van der Waals surface area contributed by atoms with Gasteiger partial charge in [0.25, 0.3) is 0 Å². The first-order valence-electron chi connectivity index (χ1n) is 8.81. The van der Waals surface area contributed by atoms with Crippen molar-refractivity contribution in [1.29, 1.82) is 0 Å². The molecule has 2 aromatic carbocycles. The number of amides is 1. The molecule has 0 saturated carbocycles. The Kier molecular flexibility index (Phi) is 7.37. The zero-order chi connectivity index (χ0) is 19.8. The van der Waals surface area contributed by atoms with Gasteiger partial charge in [-0.3, -0.25) is 0 Å². The van der Waals surface area contributed by atoms with Gasteiger partial charge in [0.2, 0.25) is 0 Å². The van der Waals surface area contributed by atoms with Crippen LogP contribution in [0.4, 0.5) is 4.79 Å². The molecule has 2 aromatic rings. The molecule has 0 spiro atoms. The van der Waals surface area contributed by atoms with E-state index in [0.29, 0.717) is 24.3 Å². The lowest BCUT2D eigenvalue weighted by molar-refractivity contribution is 0.0489. The van der Waals surface area contributed by atoms with E-state index in [1.54, 1.807) is 32.3 Å². The van der Waals surface area contributed by atoms with Crippen LogP contribution in [0.25, 0.3) is 0 Å². The molecular weight excluding hydrogens is 344 g/mol. The summed E-state index contributed by atoms with van der Waals surface area (Å²) in [5.74, 6) is 0.173. The van der Waals surface area contributed by atoms with Crippen molar-refractivity contribution in [3.8, 4) is 5.75 Å². The molecule has 0 aliphatic rings. The maximum atomic E-state index is 12.2. The van der Waals surface area contributed by atoms with Crippen LogP contribution in [0.2, 0.25) is 0 Å². The summed E-state index contributed by atoms with van der Waals surface area (Å²) in [6, 6.07) is 14.7. The van der Waals surface area contributed by atoms with Crippen molar-refractivity contribution in [3.05, 3.63) is 65.2 Å². The number of nitrogens with one attached hydrogen (secondary N) is 1. The van der Waals surface area contributed by atoms with Crippen molar-refractivity contribution in [2.45, 2.75) is 19.4 Å². The minimum absolute atomic E-state index is 0.0215. The second-order valence-corrected chi connectivity index (χ2v) is 6.41. The number of ether oxygens (including phenoxy) is 2. The van der Waals surface area contributed by atoms with Gasteiger partial charge < -0.3 is 19.7 Å². The highest BCUT2D eigenvalue weighted by Crippen LogP contribution is 2.21. The van der Waals surface area contributed by atoms with E-state index < -0.39 is 6.09 Å². The number of benzene rings is 2. The van der Waals surface area contributed by atoms with Crippen molar-refractivity contribution in [3.63, 3.8) is 0 Å². The molecule has 1 N–H and O–H groups in total. The molecule has 1 atom stereocenters. The van der Waals surface area contributed by atoms with Crippen molar-refractivity contribution < 1.29 is 19.1 Å². The van der Waals surface area contributed by atoms with Crippen LogP contribution in [-0.2, 0) is 4.74 Å². The van der Waals surface area contributed by atoms with Gasteiger partial charge in [-0.2, -0.15) is 0 Å². The highest BCUT2D eigenvalue weighted by atomic mass is 16.6. The lowest BCUT2D eigenvalue weighted by Gasteiger charge is -2.17. The highest BCUT2D eigenvalue weighted by molar-refractivity contribution is 5.90. The molecule has 1 amide bonds. The largest absolute Gasteiger partial charge is 0.462 e. The maximum Gasteiger partial charge on any atom is 0.414 e. The summed E-state index contributed by atoms with van der Waals surface area (Å²) in [4.78, 5) is 25.1. The number of hydrogen-bond donors (Lipinski definition) is 1. The highest BCUT2D eigenvalue weighted by Gasteiger charge is 2.14. The van der Waals surface area contributed by atoms with Crippen molar-refractivity contribution >= 4 is 12.1 Å². The molecule has 0 heterocycles. The van der Waals surface area contributed by atoms with Gasteiger partial charge in [0.05, 0.1) is 12.2 Å². The van der Waals surface area contributed by atoms with Crippen molar-refractivity contribution in [2.24, 2.45) is 0 Å². The fourth-order valence-electron chi connectivity index (χ4n) is 2.59. The Morgan fingerprint density at radius 1 is 1.07 bits per heavy atom. The van der Waals surface area contributed by atoms with Crippen LogP contribution in [-0.4, -0.2) is 44.7 Å². The van der Waals surface area contributed by atoms with Gasteiger partial charge in [0, 0.05) is 26.6 Å². The summed E-state index contributed by atoms with van der Waals surface area (Å²) >= 11 is 0. The summed E-state index contributed by atoms with van der Waals surface area (Å²) in [5, 5.41) is 3.21. The smallest absolute Gasteiger partial charge is 0.414 e. The van der Waals surface area contributed by atoms with Crippen LogP contribution < -0.4 is 10.1 Å². The second-order valence-electron chi connectivity index (χ2n) is 6.41. The monoisotopic (exact) mass is 370 g/mol. The zero-order valence-corrected chi connectivity index (χ0v) is 16.2. The second kappa shape index (κ2) is 9.73. The summed E-state index contributed by atoms with van der Waals surface area (Å²) < 4.78 is 10.6. The molecule has 144 valence electrons. The number of rotatable bonds is 7.